The van der Waals surface area contributed by atoms with Gasteiger partial charge in [-0.05, 0) is 38.5 Å². The van der Waals surface area contributed by atoms with Gasteiger partial charge in [0.15, 0.2) is 5.96 Å². The summed E-state index contributed by atoms with van der Waals surface area (Å²) in [7, 11) is 0. The van der Waals surface area contributed by atoms with Gasteiger partial charge < -0.3 is 37.8 Å². The normalized spacial score (nSPS) is 18.7. The van der Waals surface area contributed by atoms with Gasteiger partial charge in [0.25, 0.3) is 0 Å². The van der Waals surface area contributed by atoms with Crippen LogP contribution in [0.1, 0.15) is 46.5 Å². The van der Waals surface area contributed by atoms with Crippen LogP contribution in [0.15, 0.2) is 4.99 Å². The number of carbonyl (C=O) groups is 4. The summed E-state index contributed by atoms with van der Waals surface area (Å²) < 4.78 is 0. The number of amides is 3. The molecule has 31 heavy (non-hydrogen) atoms. The Morgan fingerprint density at radius 1 is 1.16 bits per heavy atom. The summed E-state index contributed by atoms with van der Waals surface area (Å²) in [4.78, 5) is 54.5. The molecule has 1 fully saturated rings. The van der Waals surface area contributed by atoms with Crippen LogP contribution < -0.4 is 27.8 Å². The molecule has 0 aliphatic carbocycles. The fourth-order valence-corrected chi connectivity index (χ4v) is 3.20. The molecule has 176 valence electrons. The molecule has 4 unspecified atom stereocenters. The lowest BCUT2D eigenvalue weighted by atomic mass is 10.0. The Morgan fingerprint density at radius 3 is 2.35 bits per heavy atom. The molecular formula is C19H35N7O5. The van der Waals surface area contributed by atoms with E-state index in [0.29, 0.717) is 25.8 Å². The third-order valence-corrected chi connectivity index (χ3v) is 5.15. The Labute approximate surface area is 182 Å². The van der Waals surface area contributed by atoms with E-state index < -0.39 is 42.0 Å². The van der Waals surface area contributed by atoms with E-state index in [1.165, 1.54) is 11.8 Å². The van der Waals surface area contributed by atoms with Crippen molar-refractivity contribution in [2.45, 2.75) is 70.6 Å². The van der Waals surface area contributed by atoms with Crippen LogP contribution in [-0.2, 0) is 19.2 Å². The van der Waals surface area contributed by atoms with Crippen LogP contribution in [0.5, 0.6) is 0 Å². The predicted octanol–water partition coefficient (Wildman–Crippen LogP) is -1.91. The van der Waals surface area contributed by atoms with E-state index >= 15 is 0 Å². The minimum Gasteiger partial charge on any atom is -0.480 e. The van der Waals surface area contributed by atoms with Gasteiger partial charge in [0.05, 0.1) is 6.04 Å². The van der Waals surface area contributed by atoms with Crippen molar-refractivity contribution < 1.29 is 24.3 Å². The maximum Gasteiger partial charge on any atom is 0.325 e. The molecule has 0 radical (unpaired) electrons. The minimum atomic E-state index is -1.20. The Hall–Kier alpha value is -2.89. The molecule has 1 aliphatic heterocycles. The minimum absolute atomic E-state index is 0.0802. The quantitative estimate of drug-likeness (QED) is 0.121. The molecule has 1 heterocycles. The third kappa shape index (κ3) is 8.04. The van der Waals surface area contributed by atoms with Crippen LogP contribution in [0, 0.1) is 5.92 Å². The lowest BCUT2D eigenvalue weighted by Crippen LogP contribution is -2.56. The summed E-state index contributed by atoms with van der Waals surface area (Å²) in [5, 5.41) is 14.0. The molecule has 3 amide bonds. The molecule has 0 aromatic rings. The number of nitrogens with two attached hydrogens (primary N) is 3. The number of hydrogen-bond acceptors (Lipinski definition) is 6. The summed E-state index contributed by atoms with van der Waals surface area (Å²) in [5.41, 5.74) is 16.5. The highest BCUT2D eigenvalue weighted by molar-refractivity contribution is 5.94. The molecule has 1 aliphatic rings. The highest BCUT2D eigenvalue weighted by atomic mass is 16.4. The van der Waals surface area contributed by atoms with E-state index in [2.05, 4.69) is 15.6 Å². The van der Waals surface area contributed by atoms with Crippen molar-refractivity contribution in [1.29, 1.82) is 0 Å². The molecule has 4 atom stereocenters. The van der Waals surface area contributed by atoms with Gasteiger partial charge in [-0.2, -0.15) is 0 Å². The van der Waals surface area contributed by atoms with Gasteiger partial charge in [0.2, 0.25) is 17.7 Å². The van der Waals surface area contributed by atoms with Crippen LogP contribution in [-0.4, -0.2) is 76.9 Å². The van der Waals surface area contributed by atoms with Gasteiger partial charge in [-0.3, -0.25) is 24.2 Å². The average molecular weight is 442 g/mol. The first-order valence-corrected chi connectivity index (χ1v) is 10.4. The van der Waals surface area contributed by atoms with E-state index in [9.17, 15) is 19.2 Å². The number of nitrogens with one attached hydrogen (secondary N) is 2. The average Bonchev–Trinajstić information content (AvgIpc) is 3.18. The second-order valence-corrected chi connectivity index (χ2v) is 8.04. The zero-order valence-corrected chi connectivity index (χ0v) is 18.3. The fourth-order valence-electron chi connectivity index (χ4n) is 3.20. The summed E-state index contributed by atoms with van der Waals surface area (Å²) in [5.74, 6) is -2.79. The van der Waals surface area contributed by atoms with Crippen LogP contribution >= 0.6 is 0 Å². The second-order valence-electron chi connectivity index (χ2n) is 8.04. The maximum absolute atomic E-state index is 12.9. The van der Waals surface area contributed by atoms with Gasteiger partial charge in [0, 0.05) is 13.1 Å². The summed E-state index contributed by atoms with van der Waals surface area (Å²) in [6, 6.07) is -3.58. The van der Waals surface area contributed by atoms with Gasteiger partial charge in [-0.1, -0.05) is 13.8 Å². The van der Waals surface area contributed by atoms with E-state index in [1.807, 2.05) is 13.8 Å². The number of guanidine groups is 1. The number of hydrogen-bond donors (Lipinski definition) is 6. The SMILES string of the molecule is CC(NC(=O)C(CCCN=C(N)N)NC(=O)C1CCCN1C(=O)C(N)C(C)C)C(=O)O. The largest absolute Gasteiger partial charge is 0.480 e. The number of aliphatic imine (C=N–C) groups is 1. The van der Waals surface area contributed by atoms with Crippen molar-refractivity contribution in [3.8, 4) is 0 Å². The van der Waals surface area contributed by atoms with Crippen molar-refractivity contribution in [3.63, 3.8) is 0 Å². The van der Waals surface area contributed by atoms with Crippen molar-refractivity contribution in [1.82, 2.24) is 15.5 Å². The standard InChI is InChI=1S/C19H35N7O5/c1-10(2)14(20)17(29)26-9-5-7-13(26)16(28)25-12(6-4-8-23-19(21)22)15(27)24-11(3)18(30)31/h10-14H,4-9,20H2,1-3H3,(H,24,27)(H,25,28)(H,30,31)(H4,21,22,23). The second kappa shape index (κ2) is 12.1. The molecule has 12 nitrogen and oxygen atoms in total. The van der Waals surface area contributed by atoms with E-state index in [0.717, 1.165) is 0 Å². The molecule has 0 spiro atoms. The molecule has 0 aromatic carbocycles. The van der Waals surface area contributed by atoms with Crippen molar-refractivity contribution in [2.75, 3.05) is 13.1 Å². The van der Waals surface area contributed by atoms with Crippen LogP contribution in [0.3, 0.4) is 0 Å². The topological polar surface area (TPSA) is 206 Å². The predicted molar refractivity (Wildman–Crippen MR) is 115 cm³/mol. The number of nitrogens with zero attached hydrogens (tertiary/aromatic N) is 2. The van der Waals surface area contributed by atoms with E-state index in [-0.39, 0.29) is 30.8 Å². The third-order valence-electron chi connectivity index (χ3n) is 5.15. The molecule has 0 saturated carbocycles. The Kier molecular flexibility index (Phi) is 10.2. The summed E-state index contributed by atoms with van der Waals surface area (Å²) in [6.45, 7) is 5.63. The molecule has 1 rings (SSSR count). The molecule has 0 bridgehead atoms. The van der Waals surface area contributed by atoms with Gasteiger partial charge in [-0.25, -0.2) is 0 Å². The number of rotatable bonds is 11. The lowest BCUT2D eigenvalue weighted by Gasteiger charge is -2.29. The smallest absolute Gasteiger partial charge is 0.325 e. The molecule has 0 aromatic heterocycles. The van der Waals surface area contributed by atoms with Crippen LogP contribution in [0.4, 0.5) is 0 Å². The zero-order valence-electron chi connectivity index (χ0n) is 18.3. The Balaban J connectivity index is 2.88. The monoisotopic (exact) mass is 441 g/mol. The maximum atomic E-state index is 12.9. The van der Waals surface area contributed by atoms with Crippen molar-refractivity contribution in [3.05, 3.63) is 0 Å². The summed E-state index contributed by atoms with van der Waals surface area (Å²) >= 11 is 0. The number of carboxylic acids is 1. The highest BCUT2D eigenvalue weighted by Crippen LogP contribution is 2.20. The molecular weight excluding hydrogens is 406 g/mol. The molecule has 12 heteroatoms. The Morgan fingerprint density at radius 2 is 1.81 bits per heavy atom. The number of aliphatic carboxylic acids is 1. The van der Waals surface area contributed by atoms with Gasteiger partial charge >= 0.3 is 5.97 Å². The first kappa shape index (κ1) is 26.1. The number of carbonyl (C=O) groups excluding carboxylic acids is 3. The van der Waals surface area contributed by atoms with Crippen LogP contribution in [0.25, 0.3) is 0 Å². The van der Waals surface area contributed by atoms with Crippen LogP contribution in [0.2, 0.25) is 0 Å². The lowest BCUT2D eigenvalue weighted by molar-refractivity contribution is -0.143. The van der Waals surface area contributed by atoms with Gasteiger partial charge in [-0.15, -0.1) is 0 Å². The number of likely N-dealkylation sites (tertiary alicyclic amines) is 1. The zero-order chi connectivity index (χ0) is 23.7. The first-order chi connectivity index (χ1) is 14.5. The molecule has 1 saturated heterocycles. The summed E-state index contributed by atoms with van der Waals surface area (Å²) in [6.07, 6.45) is 1.67. The fraction of sp³-hybridized carbons (Fsp3) is 0.737. The van der Waals surface area contributed by atoms with Crippen molar-refractivity contribution in [2.24, 2.45) is 28.1 Å². The number of carboxylic acid groups (broad SMARTS) is 1. The first-order valence-electron chi connectivity index (χ1n) is 10.4. The van der Waals surface area contributed by atoms with E-state index in [1.54, 1.807) is 0 Å². The van der Waals surface area contributed by atoms with E-state index in [4.69, 9.17) is 22.3 Å². The Bertz CT molecular complexity index is 693. The molecule has 9 N–H and O–H groups in total. The van der Waals surface area contributed by atoms with Crippen molar-refractivity contribution >= 4 is 29.7 Å². The van der Waals surface area contributed by atoms with Gasteiger partial charge in [0.1, 0.15) is 18.1 Å². The highest BCUT2D eigenvalue weighted by Gasteiger charge is 2.38.